The number of benzene rings is 2. The third kappa shape index (κ3) is 12.0. The first-order valence-electron chi connectivity index (χ1n) is 15.1. The zero-order valence-electron chi connectivity index (χ0n) is 27.7. The molecule has 0 saturated carbocycles. The van der Waals surface area contributed by atoms with Crippen molar-refractivity contribution in [2.24, 2.45) is 5.41 Å². The largest absolute Gasteiger partial charge is 0.462 e. The maximum Gasteiger partial charge on any atom is 0.407 e. The van der Waals surface area contributed by atoms with E-state index in [9.17, 15) is 22.8 Å². The normalized spacial score (nSPS) is 19.3. The fourth-order valence-corrected chi connectivity index (χ4v) is 6.62. The molecule has 3 unspecified atom stereocenters. The Bertz CT molecular complexity index is 1440. The first-order chi connectivity index (χ1) is 22.1. The van der Waals surface area contributed by atoms with Gasteiger partial charge in [0.2, 0.25) is 0 Å². The fraction of sp³-hybridized carbons (Fsp3) is 0.531. The number of rotatable bonds is 15. The van der Waals surface area contributed by atoms with Crippen LogP contribution in [0.15, 0.2) is 53.4 Å². The molecule has 1 aliphatic heterocycles. The number of nitrogens with one attached hydrogen (secondary N) is 1. The van der Waals surface area contributed by atoms with Gasteiger partial charge in [-0.25, -0.2) is 13.2 Å². The molecule has 260 valence electrons. The molecule has 2 aromatic rings. The molecule has 13 nitrogen and oxygen atoms in total. The summed E-state index contributed by atoms with van der Waals surface area (Å²) in [7, 11) is -4.37. The summed E-state index contributed by atoms with van der Waals surface area (Å²) < 4.78 is 65.1. The maximum atomic E-state index is 12.9. The zero-order chi connectivity index (χ0) is 34.8. The van der Waals surface area contributed by atoms with Crippen molar-refractivity contribution in [3.8, 4) is 5.75 Å². The Morgan fingerprint density at radius 3 is 2.30 bits per heavy atom. The molecule has 0 radical (unpaired) electrons. The van der Waals surface area contributed by atoms with Crippen LogP contribution in [0.4, 0.5) is 4.79 Å². The highest BCUT2D eigenvalue weighted by atomic mass is 32.2. The number of sulfone groups is 1. The topological polar surface area (TPSA) is 162 Å². The van der Waals surface area contributed by atoms with E-state index in [2.05, 4.69) is 5.32 Å². The van der Waals surface area contributed by atoms with Crippen LogP contribution in [0.5, 0.6) is 5.75 Å². The Morgan fingerprint density at radius 1 is 1.04 bits per heavy atom. The van der Waals surface area contributed by atoms with E-state index in [1.165, 1.54) is 26.2 Å². The Balaban J connectivity index is 1.67. The monoisotopic (exact) mass is 697 g/mol. The molecular formula is C32H44NO12PS. The predicted molar refractivity (Wildman–Crippen MR) is 172 cm³/mol. The molecular weight excluding hydrogens is 653 g/mol. The van der Waals surface area contributed by atoms with Gasteiger partial charge in [0.25, 0.3) is 0 Å². The van der Waals surface area contributed by atoms with Gasteiger partial charge in [-0.1, -0.05) is 36.8 Å². The van der Waals surface area contributed by atoms with Crippen LogP contribution in [-0.2, 0) is 54.0 Å². The van der Waals surface area contributed by atoms with Gasteiger partial charge in [-0.15, -0.1) is 0 Å². The van der Waals surface area contributed by atoms with Crippen LogP contribution < -0.4 is 9.84 Å². The number of ether oxygens (including phenoxy) is 4. The van der Waals surface area contributed by atoms with Crippen molar-refractivity contribution in [3.05, 3.63) is 59.7 Å². The first kappa shape index (κ1) is 38.2. The lowest BCUT2D eigenvalue weighted by Gasteiger charge is -2.27. The molecule has 0 aliphatic carbocycles. The Labute approximate surface area is 277 Å². The summed E-state index contributed by atoms with van der Waals surface area (Å²) in [5, 5.41) is 2.68. The molecule has 0 bridgehead atoms. The smallest absolute Gasteiger partial charge is 0.407 e. The predicted octanol–water partition coefficient (Wildman–Crippen LogP) is 5.03. The molecule has 47 heavy (non-hydrogen) atoms. The second-order valence-electron chi connectivity index (χ2n) is 12.0. The van der Waals surface area contributed by atoms with E-state index in [1.807, 2.05) is 6.92 Å². The number of carbonyl (C=O) groups excluding carboxylic acids is 3. The van der Waals surface area contributed by atoms with E-state index >= 15 is 0 Å². The highest BCUT2D eigenvalue weighted by Gasteiger charge is 2.43. The summed E-state index contributed by atoms with van der Waals surface area (Å²) in [5.74, 6) is -0.768. The van der Waals surface area contributed by atoms with E-state index in [4.69, 9.17) is 32.5 Å². The van der Waals surface area contributed by atoms with Gasteiger partial charge < -0.3 is 33.3 Å². The van der Waals surface area contributed by atoms with Crippen molar-refractivity contribution in [2.45, 2.75) is 83.8 Å². The molecule has 1 saturated heterocycles. The maximum absolute atomic E-state index is 12.9. The van der Waals surface area contributed by atoms with Crippen molar-refractivity contribution in [1.29, 1.82) is 0 Å². The third-order valence-corrected chi connectivity index (χ3v) is 9.81. The summed E-state index contributed by atoms with van der Waals surface area (Å²) in [6.45, 7) is 10.1. The van der Waals surface area contributed by atoms with E-state index in [1.54, 1.807) is 64.1 Å². The Hall–Kier alpha value is -3.29. The minimum Gasteiger partial charge on any atom is -0.462 e. The van der Waals surface area contributed by atoms with Crippen LogP contribution in [0, 0.1) is 12.3 Å². The lowest BCUT2D eigenvalue weighted by Crippen LogP contribution is -2.47. The summed E-state index contributed by atoms with van der Waals surface area (Å²) in [4.78, 5) is 36.9. The lowest BCUT2D eigenvalue weighted by molar-refractivity contribution is -0.157. The van der Waals surface area contributed by atoms with Crippen LogP contribution >= 0.6 is 8.60 Å². The van der Waals surface area contributed by atoms with Crippen LogP contribution in [0.3, 0.4) is 0 Å². The van der Waals surface area contributed by atoms with Gasteiger partial charge in [0.05, 0.1) is 28.7 Å². The number of esters is 2. The van der Waals surface area contributed by atoms with E-state index in [0.717, 1.165) is 11.1 Å². The molecule has 3 rings (SSSR count). The van der Waals surface area contributed by atoms with Gasteiger partial charge >= 0.3 is 26.6 Å². The molecule has 1 heterocycles. The van der Waals surface area contributed by atoms with Gasteiger partial charge in [0.15, 0.2) is 9.84 Å². The van der Waals surface area contributed by atoms with Crippen molar-refractivity contribution in [1.82, 2.24) is 5.32 Å². The molecule has 0 spiro atoms. The van der Waals surface area contributed by atoms with Crippen LogP contribution in [0.25, 0.3) is 0 Å². The van der Waals surface area contributed by atoms with E-state index in [-0.39, 0.29) is 37.1 Å². The van der Waals surface area contributed by atoms with Crippen LogP contribution in [0.1, 0.15) is 52.2 Å². The molecule has 1 aliphatic rings. The van der Waals surface area contributed by atoms with Crippen molar-refractivity contribution in [3.63, 3.8) is 0 Å². The van der Waals surface area contributed by atoms with E-state index in [0.29, 0.717) is 5.75 Å². The second kappa shape index (κ2) is 17.2. The van der Waals surface area contributed by atoms with E-state index < -0.39 is 66.0 Å². The van der Waals surface area contributed by atoms with Gasteiger partial charge in [0.1, 0.15) is 37.3 Å². The van der Waals surface area contributed by atoms with Gasteiger partial charge in [-0.3, -0.25) is 14.1 Å². The lowest BCUT2D eigenvalue weighted by atomic mass is 9.97. The molecule has 0 aromatic heterocycles. The summed E-state index contributed by atoms with van der Waals surface area (Å²) in [5.41, 5.74) is 0.923. The SMILES string of the molecule is CCC(=O)OCc1ccc(OP(OC)O[C@@H]2C(NC(=O)OC(C)CS(=O)(=O)c3ccc(C)cc3)CO[C@@H]2COC(=O)C(C)(C)C)cc1. The molecule has 2 aromatic carbocycles. The number of amides is 1. The quantitative estimate of drug-likeness (QED) is 0.150. The molecule has 1 fully saturated rings. The van der Waals surface area contributed by atoms with Gasteiger partial charge in [-0.2, -0.15) is 0 Å². The standard InChI is InChI=1S/C32H44NO12PS/c1-8-28(34)41-17-23-11-13-24(14-12-23)44-46(39-7)45-29-26(18-40-27(29)19-42-30(35)32(4,5)6)33-31(36)43-22(3)20-47(37,38)25-15-9-21(2)10-16-25/h9-16,22,26-27,29H,8,17-20H2,1-7H3,(H,33,36)/t22?,26?,27-,29-,46?/m1/s1. The minimum atomic E-state index is -3.71. The van der Waals surface area contributed by atoms with Gasteiger partial charge in [0, 0.05) is 13.5 Å². The number of hydrogen-bond acceptors (Lipinski definition) is 12. The highest BCUT2D eigenvalue weighted by molar-refractivity contribution is 7.91. The zero-order valence-corrected chi connectivity index (χ0v) is 29.4. The number of aryl methyl sites for hydroxylation is 1. The van der Waals surface area contributed by atoms with Crippen LogP contribution in [0.2, 0.25) is 0 Å². The molecule has 15 heteroatoms. The third-order valence-electron chi connectivity index (χ3n) is 6.84. The summed E-state index contributed by atoms with van der Waals surface area (Å²) >= 11 is 0. The number of alkyl carbamates (subject to hydrolysis) is 1. The Kier molecular flexibility index (Phi) is 14.0. The highest BCUT2D eigenvalue weighted by Crippen LogP contribution is 2.43. The van der Waals surface area contributed by atoms with Crippen molar-refractivity contribution < 1.29 is 55.3 Å². The minimum absolute atomic E-state index is 0.0222. The van der Waals surface area contributed by atoms with Crippen LogP contribution in [-0.4, -0.2) is 76.9 Å². The number of carbonyl (C=O) groups is 3. The average Bonchev–Trinajstić information content (AvgIpc) is 3.38. The molecule has 1 amide bonds. The molecule has 5 atom stereocenters. The Morgan fingerprint density at radius 2 is 1.70 bits per heavy atom. The average molecular weight is 698 g/mol. The van der Waals surface area contributed by atoms with Gasteiger partial charge in [-0.05, 0) is 64.4 Å². The molecule has 1 N–H and O–H groups in total. The fourth-order valence-electron chi connectivity index (χ4n) is 4.21. The van der Waals surface area contributed by atoms with Crippen molar-refractivity contribution >= 4 is 36.5 Å². The summed E-state index contributed by atoms with van der Waals surface area (Å²) in [6.07, 6.45) is -3.28. The first-order valence-corrected chi connectivity index (χ1v) is 17.8. The van der Waals surface area contributed by atoms with Crippen molar-refractivity contribution in [2.75, 3.05) is 26.1 Å². The number of hydrogen-bond donors (Lipinski definition) is 1. The second-order valence-corrected chi connectivity index (χ2v) is 15.2. The summed E-state index contributed by atoms with van der Waals surface area (Å²) in [6, 6.07) is 12.4.